The first-order chi connectivity index (χ1) is 18.0. The highest BCUT2D eigenvalue weighted by Gasteiger charge is 2.26. The molecule has 0 fully saturated rings. The first-order valence-electron chi connectivity index (χ1n) is 13.8. The van der Waals surface area contributed by atoms with Crippen molar-refractivity contribution in [2.75, 3.05) is 0 Å². The molecular weight excluding hydrogens is 474 g/mol. The summed E-state index contributed by atoms with van der Waals surface area (Å²) in [5.74, 6) is 0.872. The third-order valence-electron chi connectivity index (χ3n) is 7.42. The number of benzene rings is 1. The Hall–Kier alpha value is -3.48. The van der Waals surface area contributed by atoms with Crippen LogP contribution in [0.4, 0.5) is 0 Å². The summed E-state index contributed by atoms with van der Waals surface area (Å²) in [6, 6.07) is 9.02. The fourth-order valence-corrected chi connectivity index (χ4v) is 5.82. The molecule has 0 saturated carbocycles. The maximum absolute atomic E-state index is 12.6. The zero-order valence-corrected chi connectivity index (χ0v) is 23.7. The van der Waals surface area contributed by atoms with Gasteiger partial charge in [0.05, 0.1) is 23.2 Å². The summed E-state index contributed by atoms with van der Waals surface area (Å²) in [7, 11) is 0. The molecule has 7 heteroatoms. The molecule has 5 rings (SSSR count). The zero-order valence-electron chi connectivity index (χ0n) is 23.7. The molecule has 0 radical (unpaired) electrons. The number of aromatic nitrogens is 5. The molecule has 0 aliphatic heterocycles. The molecule has 1 unspecified atom stereocenters. The number of ether oxygens (including phenoxy) is 1. The third kappa shape index (κ3) is 5.11. The number of fused-ring (bicyclic) bond motifs is 2. The van der Waals surface area contributed by atoms with Crippen molar-refractivity contribution in [3.8, 4) is 22.5 Å². The zero-order chi connectivity index (χ0) is 27.2. The number of H-pyrrole nitrogens is 1. The highest BCUT2D eigenvalue weighted by atomic mass is 16.6. The van der Waals surface area contributed by atoms with Crippen LogP contribution in [-0.4, -0.2) is 36.3 Å². The first-order valence-corrected chi connectivity index (χ1v) is 13.8. The fourth-order valence-electron chi connectivity index (χ4n) is 5.82. The quantitative estimate of drug-likeness (QED) is 0.225. The summed E-state index contributed by atoms with van der Waals surface area (Å²) in [5.41, 5.74) is 9.07. The van der Waals surface area contributed by atoms with E-state index in [1.807, 2.05) is 38.6 Å². The molecule has 3 heterocycles. The van der Waals surface area contributed by atoms with E-state index in [9.17, 15) is 4.79 Å². The highest BCUT2D eigenvalue weighted by molar-refractivity contribution is 5.92. The lowest BCUT2D eigenvalue weighted by atomic mass is 9.88. The van der Waals surface area contributed by atoms with Crippen LogP contribution in [0.15, 0.2) is 30.5 Å². The molecular formula is C31H39N5O2. The number of aromatic amines is 1. The largest absolute Gasteiger partial charge is 0.460 e. The van der Waals surface area contributed by atoms with Gasteiger partial charge >= 0.3 is 5.97 Å². The number of imidazole rings is 1. The lowest BCUT2D eigenvalue weighted by Gasteiger charge is -2.23. The van der Waals surface area contributed by atoms with E-state index in [0.29, 0.717) is 12.1 Å². The second kappa shape index (κ2) is 10.0. The maximum atomic E-state index is 12.6. The summed E-state index contributed by atoms with van der Waals surface area (Å²) < 4.78 is 7.69. The molecule has 1 atom stereocenters. The van der Waals surface area contributed by atoms with Crippen LogP contribution < -0.4 is 0 Å². The molecule has 1 aliphatic rings. The molecule has 1 aliphatic carbocycles. The van der Waals surface area contributed by atoms with Gasteiger partial charge in [0, 0.05) is 23.5 Å². The number of hydrogen-bond acceptors (Lipinski definition) is 5. The Bertz CT molecular complexity index is 1490. The van der Waals surface area contributed by atoms with Crippen LogP contribution in [0.5, 0.6) is 0 Å². The van der Waals surface area contributed by atoms with E-state index in [0.717, 1.165) is 65.1 Å². The molecule has 0 spiro atoms. The van der Waals surface area contributed by atoms with Crippen molar-refractivity contribution in [3.63, 3.8) is 0 Å². The predicted molar refractivity (Wildman–Crippen MR) is 151 cm³/mol. The van der Waals surface area contributed by atoms with Gasteiger partial charge in [-0.2, -0.15) is 5.10 Å². The van der Waals surface area contributed by atoms with Gasteiger partial charge in [0.1, 0.15) is 11.4 Å². The van der Waals surface area contributed by atoms with Gasteiger partial charge in [0.2, 0.25) is 0 Å². The first kappa shape index (κ1) is 26.1. The van der Waals surface area contributed by atoms with Crippen molar-refractivity contribution >= 4 is 17.1 Å². The van der Waals surface area contributed by atoms with Gasteiger partial charge in [-0.1, -0.05) is 24.6 Å². The van der Waals surface area contributed by atoms with Crippen molar-refractivity contribution in [3.05, 3.63) is 53.0 Å². The molecule has 1 aromatic carbocycles. The van der Waals surface area contributed by atoms with Crippen LogP contribution in [0.2, 0.25) is 0 Å². The minimum Gasteiger partial charge on any atom is -0.460 e. The number of rotatable bonds is 5. The van der Waals surface area contributed by atoms with Crippen molar-refractivity contribution in [2.45, 2.75) is 98.1 Å². The molecule has 1 N–H and O–H groups in total. The fraction of sp³-hybridized carbons (Fsp3) is 0.484. The minimum atomic E-state index is -0.464. The van der Waals surface area contributed by atoms with E-state index in [4.69, 9.17) is 14.8 Å². The lowest BCUT2D eigenvalue weighted by molar-refractivity contribution is -0.155. The number of nitrogens with zero attached hydrogens (tertiary/aromatic N) is 4. The molecule has 0 bridgehead atoms. The Balaban J connectivity index is 1.51. The van der Waals surface area contributed by atoms with Crippen LogP contribution in [0.25, 0.3) is 33.7 Å². The average molecular weight is 514 g/mol. The van der Waals surface area contributed by atoms with Gasteiger partial charge in [-0.15, -0.1) is 0 Å². The van der Waals surface area contributed by atoms with Gasteiger partial charge in [0.15, 0.2) is 5.65 Å². The second-order valence-corrected chi connectivity index (χ2v) is 11.9. The number of carbonyl (C=O) groups is 1. The van der Waals surface area contributed by atoms with Crippen LogP contribution in [0, 0.1) is 13.8 Å². The summed E-state index contributed by atoms with van der Waals surface area (Å²) in [4.78, 5) is 25.7. The van der Waals surface area contributed by atoms with Gasteiger partial charge in [-0.3, -0.25) is 9.48 Å². The van der Waals surface area contributed by atoms with Crippen LogP contribution in [-0.2, 0) is 16.0 Å². The SMILES string of the molecule is Cc1nn(C(C)C)c(C)c1-c1nc2nccc(-c3ccc4c(c3)CCCCC4CC(=O)OC(C)(C)C)c2[nH]1. The summed E-state index contributed by atoms with van der Waals surface area (Å²) in [6.45, 7) is 14.2. The monoisotopic (exact) mass is 513 g/mol. The minimum absolute atomic E-state index is 0.119. The standard InChI is InChI=1S/C31H39N5O2/c1-18(2)36-20(4)27(19(3)35-36)29-33-28-25(14-15-32-30(28)34-29)23-12-13-24-21(16-23)10-8-9-11-22(24)17-26(37)38-31(5,6)7/h12-16,18,22H,8-11,17H2,1-7H3,(H,32,33,34). The second-order valence-electron chi connectivity index (χ2n) is 11.9. The highest BCUT2D eigenvalue weighted by Crippen LogP contribution is 2.37. The number of carbonyl (C=O) groups excluding carboxylic acids is 1. The Morgan fingerprint density at radius 3 is 2.68 bits per heavy atom. The summed E-state index contributed by atoms with van der Waals surface area (Å²) in [5, 5.41) is 4.74. The van der Waals surface area contributed by atoms with Crippen molar-refractivity contribution in [1.29, 1.82) is 0 Å². The normalized spacial score (nSPS) is 16.1. The Morgan fingerprint density at radius 1 is 1.18 bits per heavy atom. The van der Waals surface area contributed by atoms with Crippen molar-refractivity contribution in [2.24, 2.45) is 0 Å². The lowest BCUT2D eigenvalue weighted by Crippen LogP contribution is -2.25. The van der Waals surface area contributed by atoms with Crippen LogP contribution in [0.1, 0.15) is 94.8 Å². The maximum Gasteiger partial charge on any atom is 0.306 e. The van der Waals surface area contributed by atoms with E-state index in [1.54, 1.807) is 0 Å². The van der Waals surface area contributed by atoms with Gasteiger partial charge in [0.25, 0.3) is 0 Å². The smallest absolute Gasteiger partial charge is 0.306 e. The Morgan fingerprint density at radius 2 is 1.97 bits per heavy atom. The van der Waals surface area contributed by atoms with E-state index in [2.05, 4.69) is 55.0 Å². The van der Waals surface area contributed by atoms with Gasteiger partial charge in [-0.05, 0) is 96.4 Å². The van der Waals surface area contributed by atoms with E-state index in [1.165, 1.54) is 11.1 Å². The number of nitrogens with one attached hydrogen (secondary N) is 1. The Labute approximate surface area is 225 Å². The number of pyridine rings is 1. The van der Waals surface area contributed by atoms with Gasteiger partial charge in [-0.25, -0.2) is 9.97 Å². The van der Waals surface area contributed by atoms with Crippen molar-refractivity contribution < 1.29 is 9.53 Å². The third-order valence-corrected chi connectivity index (χ3v) is 7.42. The molecule has 38 heavy (non-hydrogen) atoms. The number of esters is 1. The number of aryl methyl sites for hydroxylation is 2. The van der Waals surface area contributed by atoms with Crippen LogP contribution >= 0.6 is 0 Å². The predicted octanol–water partition coefficient (Wildman–Crippen LogP) is 7.23. The molecule has 4 aromatic rings. The van der Waals surface area contributed by atoms with Crippen molar-refractivity contribution in [1.82, 2.24) is 24.7 Å². The van der Waals surface area contributed by atoms with Gasteiger partial charge < -0.3 is 9.72 Å². The van der Waals surface area contributed by atoms with Crippen LogP contribution in [0.3, 0.4) is 0 Å². The molecule has 3 aromatic heterocycles. The van der Waals surface area contributed by atoms with E-state index in [-0.39, 0.29) is 17.9 Å². The average Bonchev–Trinajstić information content (AvgIpc) is 3.32. The molecule has 200 valence electrons. The molecule has 0 amide bonds. The molecule has 7 nitrogen and oxygen atoms in total. The molecule has 0 saturated heterocycles. The van der Waals surface area contributed by atoms with E-state index >= 15 is 0 Å². The number of hydrogen-bond donors (Lipinski definition) is 1. The Kier molecular flexibility index (Phi) is 6.88. The van der Waals surface area contributed by atoms with E-state index < -0.39 is 5.60 Å². The summed E-state index contributed by atoms with van der Waals surface area (Å²) in [6.07, 6.45) is 6.52. The summed E-state index contributed by atoms with van der Waals surface area (Å²) >= 11 is 0. The topological polar surface area (TPSA) is 85.7 Å².